The van der Waals surface area contributed by atoms with Crippen molar-refractivity contribution in [3.05, 3.63) is 18.0 Å². The van der Waals surface area contributed by atoms with Crippen LogP contribution in [0.1, 0.15) is 31.4 Å². The van der Waals surface area contributed by atoms with Crippen molar-refractivity contribution in [3.63, 3.8) is 0 Å². The molecule has 1 aromatic heterocycles. The molecule has 0 aliphatic heterocycles. The zero-order chi connectivity index (χ0) is 14.8. The van der Waals surface area contributed by atoms with E-state index in [1.165, 1.54) is 0 Å². The number of hydrogen-bond acceptors (Lipinski definition) is 3. The van der Waals surface area contributed by atoms with E-state index >= 15 is 0 Å². The summed E-state index contributed by atoms with van der Waals surface area (Å²) in [7, 11) is 1.81. The summed E-state index contributed by atoms with van der Waals surface area (Å²) in [5, 5.41) is 4.26. The molecule has 0 bridgehead atoms. The monoisotopic (exact) mass is 290 g/mol. The van der Waals surface area contributed by atoms with Gasteiger partial charge in [0.15, 0.2) is 0 Å². The molecule has 1 saturated carbocycles. The van der Waals surface area contributed by atoms with Gasteiger partial charge in [-0.1, -0.05) is 6.42 Å². The van der Waals surface area contributed by atoms with Crippen LogP contribution in [0.25, 0.3) is 0 Å². The minimum atomic E-state index is -4.09. The first-order valence-electron chi connectivity index (χ1n) is 6.91. The van der Waals surface area contributed by atoms with Crippen molar-refractivity contribution in [2.24, 2.45) is 24.7 Å². The molecular weight excluding hydrogens is 269 g/mol. The molecule has 3 unspecified atom stereocenters. The van der Waals surface area contributed by atoms with Gasteiger partial charge < -0.3 is 0 Å². The van der Waals surface area contributed by atoms with Crippen LogP contribution >= 0.6 is 0 Å². The SMILES string of the molecule is Cn1ccc(CC(NN)C2CCCC(C(F)(F)F)C2)n1. The molecule has 1 fully saturated rings. The maximum atomic E-state index is 12.8. The van der Waals surface area contributed by atoms with Crippen LogP contribution in [0.5, 0.6) is 0 Å². The molecule has 20 heavy (non-hydrogen) atoms. The van der Waals surface area contributed by atoms with Crippen LogP contribution in [0.3, 0.4) is 0 Å². The smallest absolute Gasteiger partial charge is 0.276 e. The van der Waals surface area contributed by atoms with Crippen molar-refractivity contribution in [1.82, 2.24) is 15.2 Å². The van der Waals surface area contributed by atoms with E-state index in [0.29, 0.717) is 12.8 Å². The Bertz CT molecular complexity index is 429. The lowest BCUT2D eigenvalue weighted by Gasteiger charge is -2.34. The second-order valence-electron chi connectivity index (χ2n) is 5.62. The maximum absolute atomic E-state index is 12.8. The lowest BCUT2D eigenvalue weighted by Crippen LogP contribution is -2.45. The number of alkyl halides is 3. The quantitative estimate of drug-likeness (QED) is 0.660. The Morgan fingerprint density at radius 3 is 2.80 bits per heavy atom. The molecule has 1 aliphatic rings. The van der Waals surface area contributed by atoms with Crippen LogP contribution in [0.15, 0.2) is 12.3 Å². The molecule has 1 aromatic rings. The molecule has 0 radical (unpaired) electrons. The molecule has 1 heterocycles. The van der Waals surface area contributed by atoms with Crippen molar-refractivity contribution >= 4 is 0 Å². The fraction of sp³-hybridized carbons (Fsp3) is 0.769. The summed E-state index contributed by atoms with van der Waals surface area (Å²) >= 11 is 0. The van der Waals surface area contributed by atoms with E-state index in [2.05, 4.69) is 10.5 Å². The summed E-state index contributed by atoms with van der Waals surface area (Å²) in [6, 6.07) is 1.71. The molecule has 0 amide bonds. The van der Waals surface area contributed by atoms with Gasteiger partial charge in [0.05, 0.1) is 11.6 Å². The van der Waals surface area contributed by atoms with E-state index < -0.39 is 12.1 Å². The highest BCUT2D eigenvalue weighted by molar-refractivity contribution is 5.02. The van der Waals surface area contributed by atoms with Crippen molar-refractivity contribution in [2.45, 2.75) is 44.3 Å². The highest BCUT2D eigenvalue weighted by atomic mass is 19.4. The van der Waals surface area contributed by atoms with E-state index in [9.17, 15) is 13.2 Å². The number of aryl methyl sites for hydroxylation is 1. The van der Waals surface area contributed by atoms with Crippen LogP contribution in [-0.2, 0) is 13.5 Å². The standard InChI is InChI=1S/C13H21F3N4/c1-20-6-5-11(19-20)8-12(18-17)9-3-2-4-10(7-9)13(14,15)16/h5-6,9-10,12,18H,2-4,7-8,17H2,1H3. The van der Waals surface area contributed by atoms with Gasteiger partial charge >= 0.3 is 6.18 Å². The van der Waals surface area contributed by atoms with Gasteiger partial charge in [0.25, 0.3) is 0 Å². The minimum absolute atomic E-state index is 0.0534. The van der Waals surface area contributed by atoms with Crippen molar-refractivity contribution in [2.75, 3.05) is 0 Å². The van der Waals surface area contributed by atoms with E-state index in [1.807, 2.05) is 19.3 Å². The van der Waals surface area contributed by atoms with E-state index in [4.69, 9.17) is 5.84 Å². The number of aromatic nitrogens is 2. The van der Waals surface area contributed by atoms with Gasteiger partial charge in [-0.05, 0) is 31.2 Å². The van der Waals surface area contributed by atoms with Crippen LogP contribution in [0.2, 0.25) is 0 Å². The summed E-state index contributed by atoms with van der Waals surface area (Å²) in [5.41, 5.74) is 3.54. The third-order valence-corrected chi connectivity index (χ3v) is 4.16. The van der Waals surface area contributed by atoms with Crippen LogP contribution in [0.4, 0.5) is 13.2 Å². The van der Waals surface area contributed by atoms with Gasteiger partial charge in [0.1, 0.15) is 0 Å². The zero-order valence-corrected chi connectivity index (χ0v) is 11.5. The molecule has 0 spiro atoms. The number of nitrogens with one attached hydrogen (secondary N) is 1. The first-order chi connectivity index (χ1) is 9.40. The fourth-order valence-electron chi connectivity index (χ4n) is 3.05. The van der Waals surface area contributed by atoms with Crippen LogP contribution in [-0.4, -0.2) is 22.0 Å². The highest BCUT2D eigenvalue weighted by Crippen LogP contribution is 2.41. The average Bonchev–Trinajstić information content (AvgIpc) is 2.81. The molecule has 0 aromatic carbocycles. The summed E-state index contributed by atoms with van der Waals surface area (Å²) in [4.78, 5) is 0. The Balaban J connectivity index is 2.00. The maximum Gasteiger partial charge on any atom is 0.391 e. The van der Waals surface area contributed by atoms with E-state index in [0.717, 1.165) is 12.1 Å². The molecule has 4 nitrogen and oxygen atoms in total. The second kappa shape index (κ2) is 6.13. The summed E-state index contributed by atoms with van der Waals surface area (Å²) in [5.74, 6) is 4.30. The summed E-state index contributed by atoms with van der Waals surface area (Å²) in [6.07, 6.45) is 0.0767. The first-order valence-corrected chi connectivity index (χ1v) is 6.91. The second-order valence-corrected chi connectivity index (χ2v) is 5.62. The van der Waals surface area contributed by atoms with Crippen molar-refractivity contribution < 1.29 is 13.2 Å². The predicted octanol–water partition coefficient (Wildman–Crippen LogP) is 2.16. The van der Waals surface area contributed by atoms with Crippen molar-refractivity contribution in [3.8, 4) is 0 Å². The summed E-state index contributed by atoms with van der Waals surface area (Å²) in [6.45, 7) is 0. The lowest BCUT2D eigenvalue weighted by molar-refractivity contribution is -0.186. The molecule has 7 heteroatoms. The molecule has 114 valence electrons. The average molecular weight is 290 g/mol. The Morgan fingerprint density at radius 1 is 1.50 bits per heavy atom. The van der Waals surface area contributed by atoms with Gasteiger partial charge in [0.2, 0.25) is 0 Å². The van der Waals surface area contributed by atoms with Crippen LogP contribution < -0.4 is 11.3 Å². The predicted molar refractivity (Wildman–Crippen MR) is 69.5 cm³/mol. The number of nitrogens with zero attached hydrogens (tertiary/aromatic N) is 2. The molecule has 2 rings (SSSR count). The molecule has 3 N–H and O–H groups in total. The Hall–Kier alpha value is -1.08. The van der Waals surface area contributed by atoms with E-state index in [1.54, 1.807) is 4.68 Å². The number of nitrogens with two attached hydrogens (primary N) is 1. The van der Waals surface area contributed by atoms with Gasteiger partial charge in [-0.3, -0.25) is 16.0 Å². The fourth-order valence-corrected chi connectivity index (χ4v) is 3.05. The molecular formula is C13H21F3N4. The largest absolute Gasteiger partial charge is 0.391 e. The molecule has 0 saturated heterocycles. The van der Waals surface area contributed by atoms with Crippen molar-refractivity contribution in [1.29, 1.82) is 0 Å². The van der Waals surface area contributed by atoms with Gasteiger partial charge in [-0.2, -0.15) is 18.3 Å². The minimum Gasteiger partial charge on any atom is -0.276 e. The Kier molecular flexibility index (Phi) is 4.70. The normalized spacial score (nSPS) is 25.6. The topological polar surface area (TPSA) is 55.9 Å². The molecule has 1 aliphatic carbocycles. The van der Waals surface area contributed by atoms with Gasteiger partial charge in [-0.15, -0.1) is 0 Å². The first kappa shape index (κ1) is 15.3. The third kappa shape index (κ3) is 3.73. The summed E-state index contributed by atoms with van der Waals surface area (Å²) < 4.78 is 40.2. The zero-order valence-electron chi connectivity index (χ0n) is 11.5. The third-order valence-electron chi connectivity index (χ3n) is 4.16. The Labute approximate surface area is 116 Å². The number of hydrogen-bond donors (Lipinski definition) is 2. The number of halogens is 3. The van der Waals surface area contributed by atoms with Gasteiger partial charge in [-0.25, -0.2) is 0 Å². The Morgan fingerprint density at radius 2 is 2.25 bits per heavy atom. The number of rotatable bonds is 4. The lowest BCUT2D eigenvalue weighted by atomic mass is 9.76. The number of hydrazine groups is 1. The van der Waals surface area contributed by atoms with E-state index in [-0.39, 0.29) is 24.8 Å². The van der Waals surface area contributed by atoms with Crippen LogP contribution in [0, 0.1) is 11.8 Å². The molecule has 3 atom stereocenters. The van der Waals surface area contributed by atoms with Gasteiger partial charge in [0, 0.05) is 25.7 Å². The highest BCUT2D eigenvalue weighted by Gasteiger charge is 2.43.